The van der Waals surface area contributed by atoms with Gasteiger partial charge in [-0.3, -0.25) is 17.2 Å². The Bertz CT molecular complexity index is 66.3. The highest BCUT2D eigenvalue weighted by molar-refractivity contribution is 4.86. The Labute approximate surface area is 48.6 Å². The number of nitrogens with two attached hydrogens (primary N) is 3. The molecule has 0 radical (unpaired) electrons. The summed E-state index contributed by atoms with van der Waals surface area (Å²) in [5.41, 5.74) is 14.1. The Morgan fingerprint density at radius 2 is 1.25 bits per heavy atom. The number of hydrogen-bond donors (Lipinski definition) is 4. The van der Waals surface area contributed by atoms with Gasteiger partial charge in [-0.25, -0.2) is 0 Å². The van der Waals surface area contributed by atoms with Crippen LogP contribution in [0.1, 0.15) is 13.8 Å². The van der Waals surface area contributed by atoms with E-state index in [9.17, 15) is 0 Å². The van der Waals surface area contributed by atoms with Crippen molar-refractivity contribution in [3.05, 3.63) is 0 Å². The lowest BCUT2D eigenvalue weighted by molar-refractivity contribution is 0.00278. The second-order valence-electron chi connectivity index (χ2n) is 2.49. The zero-order chi connectivity index (χ0) is 7.00. The number of hydrogen-bond acceptors (Lipinski definition) is 4. The molecule has 50 valence electrons. The maximum atomic E-state index is 8.98. The van der Waals surface area contributed by atoms with Crippen LogP contribution >= 0.6 is 0 Å². The first-order valence-electron chi connectivity index (χ1n) is 2.34. The lowest BCUT2D eigenvalue weighted by Gasteiger charge is -2.32. The van der Waals surface area contributed by atoms with Crippen LogP contribution < -0.4 is 17.2 Å². The van der Waals surface area contributed by atoms with Crippen molar-refractivity contribution in [2.45, 2.75) is 25.2 Å². The van der Waals surface area contributed by atoms with E-state index in [4.69, 9.17) is 22.3 Å². The van der Waals surface area contributed by atoms with Gasteiger partial charge in [-0.1, -0.05) is 0 Å². The molecule has 0 aromatic carbocycles. The summed E-state index contributed by atoms with van der Waals surface area (Å²) >= 11 is 0. The third kappa shape index (κ3) is 1.75. The standard InChI is InChI=1S/C4H13N3O/c1-3(2,8)4(5,6)7/h8H,5-7H2,1-2H3. The van der Waals surface area contributed by atoms with Crippen molar-refractivity contribution >= 4 is 0 Å². The number of aliphatic hydroxyl groups is 1. The minimum atomic E-state index is -1.51. The van der Waals surface area contributed by atoms with Crippen LogP contribution in [0.3, 0.4) is 0 Å². The van der Waals surface area contributed by atoms with E-state index < -0.39 is 11.4 Å². The molecule has 0 aliphatic carbocycles. The minimum absolute atomic E-state index is 1.23. The van der Waals surface area contributed by atoms with Crippen LogP contribution in [0.15, 0.2) is 0 Å². The van der Waals surface area contributed by atoms with Crippen molar-refractivity contribution < 1.29 is 5.11 Å². The summed E-state index contributed by atoms with van der Waals surface area (Å²) in [5, 5.41) is 8.98. The third-order valence-corrected chi connectivity index (χ3v) is 1.06. The van der Waals surface area contributed by atoms with E-state index in [0.29, 0.717) is 0 Å². The van der Waals surface area contributed by atoms with Crippen molar-refractivity contribution in [3.63, 3.8) is 0 Å². The summed E-state index contributed by atoms with van der Waals surface area (Å²) in [5.74, 6) is -1.51. The Kier molecular flexibility index (Phi) is 1.63. The van der Waals surface area contributed by atoms with Gasteiger partial charge in [0.25, 0.3) is 0 Å². The molecule has 0 aromatic heterocycles. The summed E-state index contributed by atoms with van der Waals surface area (Å²) in [4.78, 5) is 0. The van der Waals surface area contributed by atoms with Crippen LogP contribution in [-0.4, -0.2) is 16.5 Å². The summed E-state index contributed by atoms with van der Waals surface area (Å²) in [6.07, 6.45) is 0. The van der Waals surface area contributed by atoms with Gasteiger partial charge in [-0.15, -0.1) is 0 Å². The topological polar surface area (TPSA) is 98.3 Å². The van der Waals surface area contributed by atoms with Gasteiger partial charge in [0.05, 0.1) is 0 Å². The SMILES string of the molecule is CC(C)(O)C(N)(N)N. The Hall–Kier alpha value is -0.160. The quantitative estimate of drug-likeness (QED) is 0.309. The van der Waals surface area contributed by atoms with Gasteiger partial charge in [-0.2, -0.15) is 0 Å². The molecular formula is C4H13N3O. The summed E-state index contributed by atoms with van der Waals surface area (Å²) in [7, 11) is 0. The maximum Gasteiger partial charge on any atom is 0.145 e. The zero-order valence-electron chi connectivity index (χ0n) is 5.18. The summed E-state index contributed by atoms with van der Waals surface area (Å²) in [6, 6.07) is 0. The average molecular weight is 119 g/mol. The third-order valence-electron chi connectivity index (χ3n) is 1.06. The van der Waals surface area contributed by atoms with Crippen LogP contribution in [0.5, 0.6) is 0 Å². The van der Waals surface area contributed by atoms with E-state index in [0.717, 1.165) is 0 Å². The van der Waals surface area contributed by atoms with Crippen molar-refractivity contribution in [2.75, 3.05) is 0 Å². The molecule has 0 amide bonds. The van der Waals surface area contributed by atoms with Crippen molar-refractivity contribution in [1.82, 2.24) is 0 Å². The molecule has 0 heterocycles. The molecule has 0 aliphatic rings. The van der Waals surface area contributed by atoms with Crippen LogP contribution in [0.25, 0.3) is 0 Å². The number of rotatable bonds is 1. The van der Waals surface area contributed by atoms with Gasteiger partial charge in [0.2, 0.25) is 0 Å². The predicted molar refractivity (Wildman–Crippen MR) is 31.6 cm³/mol. The highest BCUT2D eigenvalue weighted by Gasteiger charge is 2.31. The van der Waals surface area contributed by atoms with Crippen molar-refractivity contribution in [1.29, 1.82) is 0 Å². The molecule has 0 atom stereocenters. The fourth-order valence-electron chi connectivity index (χ4n) is 0. The zero-order valence-corrected chi connectivity index (χ0v) is 5.18. The Balaban J connectivity index is 4.02. The molecule has 0 fully saturated rings. The van der Waals surface area contributed by atoms with Crippen LogP contribution in [0.2, 0.25) is 0 Å². The van der Waals surface area contributed by atoms with Crippen molar-refractivity contribution in [3.8, 4) is 0 Å². The van der Waals surface area contributed by atoms with E-state index in [1.165, 1.54) is 13.8 Å². The van der Waals surface area contributed by atoms with E-state index in [2.05, 4.69) is 0 Å². The monoisotopic (exact) mass is 119 g/mol. The Morgan fingerprint density at radius 3 is 1.25 bits per heavy atom. The highest BCUT2D eigenvalue weighted by Crippen LogP contribution is 2.05. The van der Waals surface area contributed by atoms with E-state index in [-0.39, 0.29) is 0 Å². The molecule has 7 N–H and O–H groups in total. The summed E-state index contributed by atoms with van der Waals surface area (Å²) < 4.78 is 0. The first-order valence-corrected chi connectivity index (χ1v) is 2.34. The van der Waals surface area contributed by atoms with Crippen molar-refractivity contribution in [2.24, 2.45) is 17.2 Å². The van der Waals surface area contributed by atoms with Gasteiger partial charge in [0.1, 0.15) is 11.4 Å². The maximum absolute atomic E-state index is 8.98. The summed E-state index contributed by atoms with van der Waals surface area (Å²) in [6.45, 7) is 2.90. The lowest BCUT2D eigenvalue weighted by Crippen LogP contribution is -2.70. The smallest absolute Gasteiger partial charge is 0.145 e. The van der Waals surface area contributed by atoms with Crippen LogP contribution in [-0.2, 0) is 0 Å². The van der Waals surface area contributed by atoms with E-state index in [1.807, 2.05) is 0 Å². The first-order chi connectivity index (χ1) is 3.25. The molecule has 4 heteroatoms. The molecule has 0 spiro atoms. The van der Waals surface area contributed by atoms with Gasteiger partial charge in [-0.05, 0) is 13.8 Å². The lowest BCUT2D eigenvalue weighted by atomic mass is 10.0. The second-order valence-corrected chi connectivity index (χ2v) is 2.49. The Morgan fingerprint density at radius 1 is 1.12 bits per heavy atom. The molecule has 0 bridgehead atoms. The molecule has 0 saturated carbocycles. The average Bonchev–Trinajstić information content (AvgIpc) is 1.25. The molecule has 4 nitrogen and oxygen atoms in total. The van der Waals surface area contributed by atoms with Gasteiger partial charge in [0.15, 0.2) is 0 Å². The minimum Gasteiger partial charge on any atom is -0.386 e. The van der Waals surface area contributed by atoms with Gasteiger partial charge < -0.3 is 5.11 Å². The van der Waals surface area contributed by atoms with E-state index in [1.54, 1.807) is 0 Å². The molecule has 0 aromatic rings. The van der Waals surface area contributed by atoms with Crippen LogP contribution in [0, 0.1) is 0 Å². The fraction of sp³-hybridized carbons (Fsp3) is 1.00. The van der Waals surface area contributed by atoms with Gasteiger partial charge in [0, 0.05) is 0 Å². The first kappa shape index (κ1) is 7.84. The fourth-order valence-corrected chi connectivity index (χ4v) is 0. The van der Waals surface area contributed by atoms with Crippen LogP contribution in [0.4, 0.5) is 0 Å². The molecule has 0 saturated heterocycles. The predicted octanol–water partition coefficient (Wildman–Crippen LogP) is -1.71. The molecule has 0 rings (SSSR count). The largest absolute Gasteiger partial charge is 0.386 e. The van der Waals surface area contributed by atoms with Gasteiger partial charge >= 0.3 is 0 Å². The second kappa shape index (κ2) is 1.66. The van der Waals surface area contributed by atoms with E-state index >= 15 is 0 Å². The highest BCUT2D eigenvalue weighted by atomic mass is 16.3. The normalized spacial score (nSPS) is 14.2. The molecular weight excluding hydrogens is 106 g/mol. The molecule has 0 unspecified atom stereocenters. The molecule has 0 aliphatic heterocycles. The molecule has 8 heavy (non-hydrogen) atoms.